The molecule has 0 saturated carbocycles. The Hall–Kier alpha value is -2.43. The first kappa shape index (κ1) is 21.3. The molecule has 29 heavy (non-hydrogen) atoms. The maximum absolute atomic E-state index is 12.3. The number of aldehydes is 1. The lowest BCUT2D eigenvalue weighted by Crippen LogP contribution is -2.30. The van der Waals surface area contributed by atoms with Crippen molar-refractivity contribution in [2.75, 3.05) is 16.6 Å². The SMILES string of the molecule is O=CC1CN(c2ccc(CCCCS(=O)(=O)c3ccccc3)cc2O)S(=O)(=O)N1. The third-order valence-electron chi connectivity index (χ3n) is 4.66. The summed E-state index contributed by atoms with van der Waals surface area (Å²) in [5.41, 5.74) is 0.858. The van der Waals surface area contributed by atoms with Crippen LogP contribution in [0.25, 0.3) is 0 Å². The van der Waals surface area contributed by atoms with Gasteiger partial charge in [0.15, 0.2) is 9.84 Å². The summed E-state index contributed by atoms with van der Waals surface area (Å²) in [4.78, 5) is 11.2. The molecule has 0 bridgehead atoms. The fourth-order valence-electron chi connectivity index (χ4n) is 3.17. The summed E-state index contributed by atoms with van der Waals surface area (Å²) in [5.74, 6) is -0.178. The van der Waals surface area contributed by atoms with Crippen molar-refractivity contribution in [1.82, 2.24) is 4.72 Å². The number of aromatic hydroxyl groups is 1. The smallest absolute Gasteiger partial charge is 0.302 e. The number of unbranched alkanes of at least 4 members (excludes halogenated alkanes) is 1. The van der Waals surface area contributed by atoms with Gasteiger partial charge in [0, 0.05) is 0 Å². The number of carbonyl (C=O) groups is 1. The highest BCUT2D eigenvalue weighted by atomic mass is 32.2. The van der Waals surface area contributed by atoms with Gasteiger partial charge in [0.05, 0.1) is 28.9 Å². The Labute approximate surface area is 170 Å². The molecule has 10 heteroatoms. The van der Waals surface area contributed by atoms with Crippen LogP contribution in [0.3, 0.4) is 0 Å². The van der Waals surface area contributed by atoms with Crippen LogP contribution < -0.4 is 9.03 Å². The Morgan fingerprint density at radius 1 is 1.14 bits per heavy atom. The third-order valence-corrected chi connectivity index (χ3v) is 8.00. The third kappa shape index (κ3) is 4.95. The second-order valence-corrected chi connectivity index (χ2v) is 10.5. The summed E-state index contributed by atoms with van der Waals surface area (Å²) < 4.78 is 51.9. The number of phenolic OH excluding ortho intramolecular Hbond substituents is 1. The minimum atomic E-state index is -3.88. The molecule has 0 amide bonds. The molecule has 2 N–H and O–H groups in total. The number of carbonyl (C=O) groups excluding carboxylic acids is 1. The highest BCUT2D eigenvalue weighted by Gasteiger charge is 2.36. The second-order valence-electron chi connectivity index (χ2n) is 6.81. The second kappa shape index (κ2) is 8.52. The van der Waals surface area contributed by atoms with Gasteiger partial charge in [-0.05, 0) is 49.1 Å². The molecule has 3 rings (SSSR count). The minimum Gasteiger partial charge on any atom is -0.506 e. The summed E-state index contributed by atoms with van der Waals surface area (Å²) >= 11 is 0. The maximum Gasteiger partial charge on any atom is 0.302 e. The van der Waals surface area contributed by atoms with Crippen LogP contribution in [0.1, 0.15) is 18.4 Å². The molecule has 2 aromatic rings. The molecule has 0 spiro atoms. The van der Waals surface area contributed by atoms with Gasteiger partial charge in [0.25, 0.3) is 0 Å². The summed E-state index contributed by atoms with van der Waals surface area (Å²) in [5, 5.41) is 10.3. The summed E-state index contributed by atoms with van der Waals surface area (Å²) in [6, 6.07) is 12.1. The molecular formula is C19H22N2O6S2. The lowest BCUT2D eigenvalue weighted by Gasteiger charge is -2.17. The van der Waals surface area contributed by atoms with Crippen molar-refractivity contribution in [3.63, 3.8) is 0 Å². The molecule has 1 fully saturated rings. The van der Waals surface area contributed by atoms with E-state index >= 15 is 0 Å². The molecular weight excluding hydrogens is 416 g/mol. The van der Waals surface area contributed by atoms with Crippen molar-refractivity contribution in [2.24, 2.45) is 0 Å². The van der Waals surface area contributed by atoms with Crippen LogP contribution in [0.5, 0.6) is 5.75 Å². The number of sulfone groups is 1. The van der Waals surface area contributed by atoms with Crippen molar-refractivity contribution in [2.45, 2.75) is 30.2 Å². The van der Waals surface area contributed by atoms with Crippen LogP contribution in [0.2, 0.25) is 0 Å². The van der Waals surface area contributed by atoms with E-state index in [1.54, 1.807) is 36.4 Å². The van der Waals surface area contributed by atoms with Gasteiger partial charge >= 0.3 is 10.2 Å². The fraction of sp³-hybridized carbons (Fsp3) is 0.316. The predicted molar refractivity (Wildman–Crippen MR) is 109 cm³/mol. The Bertz CT molecular complexity index is 1080. The van der Waals surface area contributed by atoms with Gasteiger partial charge in [-0.2, -0.15) is 13.1 Å². The van der Waals surface area contributed by atoms with Crippen molar-refractivity contribution < 1.29 is 26.7 Å². The zero-order valence-corrected chi connectivity index (χ0v) is 17.2. The van der Waals surface area contributed by atoms with Gasteiger partial charge in [-0.1, -0.05) is 24.3 Å². The van der Waals surface area contributed by atoms with E-state index in [4.69, 9.17) is 0 Å². The molecule has 156 valence electrons. The molecule has 8 nitrogen and oxygen atoms in total. The normalized spacial score (nSPS) is 18.6. The van der Waals surface area contributed by atoms with Gasteiger partial charge in [-0.25, -0.2) is 8.42 Å². The summed E-state index contributed by atoms with van der Waals surface area (Å²) in [6.45, 7) is -0.0872. The molecule has 1 heterocycles. The Balaban J connectivity index is 1.59. The van der Waals surface area contributed by atoms with Gasteiger partial charge in [-0.15, -0.1) is 0 Å². The quantitative estimate of drug-likeness (QED) is 0.475. The number of nitrogens with one attached hydrogen (secondary N) is 1. The van der Waals surface area contributed by atoms with E-state index in [2.05, 4.69) is 4.72 Å². The first-order valence-corrected chi connectivity index (χ1v) is 12.2. The van der Waals surface area contributed by atoms with Crippen LogP contribution in [-0.2, 0) is 31.3 Å². The molecule has 0 radical (unpaired) electrons. The van der Waals surface area contributed by atoms with E-state index < -0.39 is 26.1 Å². The maximum atomic E-state index is 12.3. The van der Waals surface area contributed by atoms with Gasteiger partial charge in [0.1, 0.15) is 12.0 Å². The topological polar surface area (TPSA) is 121 Å². The number of benzene rings is 2. The van der Waals surface area contributed by atoms with E-state index in [-0.39, 0.29) is 23.7 Å². The standard InChI is InChI=1S/C19H22N2O6S2/c22-14-16-13-21(29(26,27)20-16)18-10-9-15(12-19(18)23)6-4-5-11-28(24,25)17-7-2-1-3-8-17/h1-3,7-10,12,14,16,20,23H,4-6,11,13H2. The molecule has 0 aromatic heterocycles. The molecule has 1 aliphatic heterocycles. The van der Waals surface area contributed by atoms with E-state index in [0.717, 1.165) is 9.87 Å². The number of phenols is 1. The van der Waals surface area contributed by atoms with Crippen molar-refractivity contribution in [1.29, 1.82) is 0 Å². The molecule has 1 aliphatic rings. The van der Waals surface area contributed by atoms with Crippen molar-refractivity contribution in [3.05, 3.63) is 54.1 Å². The van der Waals surface area contributed by atoms with Gasteiger partial charge in [0.2, 0.25) is 0 Å². The zero-order chi connectivity index (χ0) is 21.1. The van der Waals surface area contributed by atoms with Crippen LogP contribution in [0, 0.1) is 0 Å². The summed E-state index contributed by atoms with van der Waals surface area (Å²) in [6.07, 6.45) is 2.11. The predicted octanol–water partition coefficient (Wildman–Crippen LogP) is 1.41. The molecule has 1 saturated heterocycles. The van der Waals surface area contributed by atoms with E-state index in [9.17, 15) is 26.7 Å². The highest BCUT2D eigenvalue weighted by Crippen LogP contribution is 2.32. The number of nitrogens with zero attached hydrogens (tertiary/aromatic N) is 1. The van der Waals surface area contributed by atoms with E-state index in [1.807, 2.05) is 0 Å². The van der Waals surface area contributed by atoms with Crippen molar-refractivity contribution >= 4 is 32.0 Å². The molecule has 2 aromatic carbocycles. The average molecular weight is 439 g/mol. The van der Waals surface area contributed by atoms with Crippen molar-refractivity contribution in [3.8, 4) is 5.75 Å². The van der Waals surface area contributed by atoms with Crippen LogP contribution in [-0.4, -0.2) is 46.6 Å². The van der Waals surface area contributed by atoms with E-state index in [1.165, 1.54) is 12.1 Å². The average Bonchev–Trinajstić information content (AvgIpc) is 3.00. The Kier molecular flexibility index (Phi) is 6.25. The first-order valence-electron chi connectivity index (χ1n) is 9.08. The first-order chi connectivity index (χ1) is 13.7. The fourth-order valence-corrected chi connectivity index (χ4v) is 5.97. The number of anilines is 1. The number of rotatable bonds is 8. The lowest BCUT2D eigenvalue weighted by molar-refractivity contribution is -0.108. The molecule has 1 unspecified atom stereocenters. The highest BCUT2D eigenvalue weighted by molar-refractivity contribution is 7.91. The minimum absolute atomic E-state index is 0.0336. The zero-order valence-electron chi connectivity index (χ0n) is 15.6. The molecule has 0 aliphatic carbocycles. The molecule has 1 atom stereocenters. The Morgan fingerprint density at radius 3 is 2.48 bits per heavy atom. The largest absolute Gasteiger partial charge is 0.506 e. The Morgan fingerprint density at radius 2 is 1.86 bits per heavy atom. The van der Waals surface area contributed by atoms with Crippen LogP contribution in [0.15, 0.2) is 53.4 Å². The van der Waals surface area contributed by atoms with Crippen LogP contribution >= 0.6 is 0 Å². The summed E-state index contributed by atoms with van der Waals surface area (Å²) in [7, 11) is -7.19. The lowest BCUT2D eigenvalue weighted by atomic mass is 10.1. The monoisotopic (exact) mass is 438 g/mol. The number of hydrogen-bond acceptors (Lipinski definition) is 6. The van der Waals surface area contributed by atoms with Gasteiger partial charge in [-0.3, -0.25) is 4.31 Å². The number of aryl methyl sites for hydroxylation is 1. The van der Waals surface area contributed by atoms with Gasteiger partial charge < -0.3 is 9.90 Å². The van der Waals surface area contributed by atoms with Crippen LogP contribution in [0.4, 0.5) is 5.69 Å². The number of hydrogen-bond donors (Lipinski definition) is 2. The van der Waals surface area contributed by atoms with E-state index in [0.29, 0.717) is 30.4 Å².